The summed E-state index contributed by atoms with van der Waals surface area (Å²) in [5.41, 5.74) is 0.351. The topological polar surface area (TPSA) is 102 Å². The number of amides is 2. The Bertz CT molecular complexity index is 1000. The van der Waals surface area contributed by atoms with Crippen LogP contribution in [-0.4, -0.2) is 64.2 Å². The molecule has 0 aliphatic carbocycles. The molecule has 0 N–H and O–H groups in total. The average Bonchev–Trinajstić information content (AvgIpc) is 3.39. The minimum absolute atomic E-state index is 0.0678. The molecular formula is C20H24N2O7S2. The maximum atomic E-state index is 13.3. The largest absolute Gasteiger partial charge is 0.494 e. The van der Waals surface area contributed by atoms with Gasteiger partial charge >= 0.3 is 0 Å². The Balaban J connectivity index is 1.94. The van der Waals surface area contributed by atoms with Crippen LogP contribution in [0, 0.1) is 0 Å². The molecule has 1 saturated heterocycles. The van der Waals surface area contributed by atoms with Crippen molar-refractivity contribution in [2.45, 2.75) is 29.9 Å². The summed E-state index contributed by atoms with van der Waals surface area (Å²) in [5.74, 6) is -0.510. The van der Waals surface area contributed by atoms with Crippen molar-refractivity contribution in [3.8, 4) is 5.75 Å². The fraction of sp³-hybridized carbons (Fsp3) is 0.400. The first-order valence-corrected chi connectivity index (χ1v) is 11.9. The van der Waals surface area contributed by atoms with Gasteiger partial charge in [-0.2, -0.15) is 4.31 Å². The van der Waals surface area contributed by atoms with E-state index in [9.17, 15) is 18.0 Å². The minimum Gasteiger partial charge on any atom is -0.494 e. The van der Waals surface area contributed by atoms with E-state index in [1.54, 1.807) is 35.7 Å². The lowest BCUT2D eigenvalue weighted by Gasteiger charge is -2.28. The van der Waals surface area contributed by atoms with E-state index < -0.39 is 34.2 Å². The van der Waals surface area contributed by atoms with Gasteiger partial charge in [0.2, 0.25) is 5.91 Å². The molecule has 1 aliphatic heterocycles. The van der Waals surface area contributed by atoms with Gasteiger partial charge in [-0.25, -0.2) is 13.3 Å². The predicted octanol–water partition coefficient (Wildman–Crippen LogP) is 2.09. The highest BCUT2D eigenvalue weighted by atomic mass is 32.2. The first-order chi connectivity index (χ1) is 14.8. The Morgan fingerprint density at radius 1 is 1.16 bits per heavy atom. The van der Waals surface area contributed by atoms with Crippen molar-refractivity contribution in [2.24, 2.45) is 0 Å². The van der Waals surface area contributed by atoms with Gasteiger partial charge < -0.3 is 14.2 Å². The Labute approximate surface area is 185 Å². The van der Waals surface area contributed by atoms with Crippen molar-refractivity contribution in [2.75, 3.05) is 32.3 Å². The Hall–Kier alpha value is -2.31. The summed E-state index contributed by atoms with van der Waals surface area (Å²) in [7, 11) is -1.31. The molecule has 168 valence electrons. The Morgan fingerprint density at radius 2 is 1.84 bits per heavy atom. The molecule has 1 unspecified atom stereocenters. The van der Waals surface area contributed by atoms with E-state index >= 15 is 0 Å². The van der Waals surface area contributed by atoms with E-state index in [1.165, 1.54) is 20.3 Å². The van der Waals surface area contributed by atoms with Gasteiger partial charge in [-0.1, -0.05) is 6.07 Å². The second-order valence-corrected chi connectivity index (χ2v) is 9.69. The third-order valence-electron chi connectivity index (χ3n) is 4.79. The number of benzene rings is 1. The van der Waals surface area contributed by atoms with Crippen LogP contribution in [-0.2, 0) is 29.1 Å². The molecule has 1 atom stereocenters. The van der Waals surface area contributed by atoms with Gasteiger partial charge in [-0.3, -0.25) is 9.59 Å². The van der Waals surface area contributed by atoms with Gasteiger partial charge in [0, 0.05) is 14.2 Å². The first kappa shape index (κ1) is 23.4. The van der Waals surface area contributed by atoms with Gasteiger partial charge in [-0.05, 0) is 42.6 Å². The number of imide groups is 1. The zero-order valence-electron chi connectivity index (χ0n) is 17.4. The lowest BCUT2D eigenvalue weighted by atomic mass is 10.2. The number of hydrogen-bond acceptors (Lipinski definition) is 8. The van der Waals surface area contributed by atoms with Crippen molar-refractivity contribution in [1.82, 2.24) is 4.31 Å². The number of nitrogens with zero attached hydrogens (tertiary/aromatic N) is 2. The summed E-state index contributed by atoms with van der Waals surface area (Å²) in [6.07, 6.45) is -1.19. The lowest BCUT2D eigenvalue weighted by molar-refractivity contribution is -0.125. The molecule has 2 aromatic rings. The fourth-order valence-electron chi connectivity index (χ4n) is 3.28. The molecule has 3 rings (SSSR count). The molecule has 0 saturated carbocycles. The van der Waals surface area contributed by atoms with Crippen LogP contribution in [0.1, 0.15) is 13.3 Å². The van der Waals surface area contributed by atoms with E-state index in [4.69, 9.17) is 14.2 Å². The molecule has 1 fully saturated rings. The molecule has 0 spiro atoms. The monoisotopic (exact) mass is 468 g/mol. The van der Waals surface area contributed by atoms with E-state index in [-0.39, 0.29) is 17.2 Å². The smallest absolute Gasteiger partial charge is 0.253 e. The van der Waals surface area contributed by atoms with Crippen LogP contribution in [0.15, 0.2) is 46.0 Å². The second kappa shape index (κ2) is 9.88. The molecule has 1 aromatic carbocycles. The molecular weight excluding hydrogens is 444 g/mol. The number of anilines is 1. The van der Waals surface area contributed by atoms with Crippen molar-refractivity contribution in [1.29, 1.82) is 0 Å². The quantitative estimate of drug-likeness (QED) is 0.389. The van der Waals surface area contributed by atoms with Crippen LogP contribution in [0.3, 0.4) is 0 Å². The van der Waals surface area contributed by atoms with E-state index in [0.29, 0.717) is 18.0 Å². The summed E-state index contributed by atoms with van der Waals surface area (Å²) in [6.45, 7) is 2.09. The number of thiophene rings is 1. The average molecular weight is 469 g/mol. The summed E-state index contributed by atoms with van der Waals surface area (Å²) >= 11 is 1.03. The summed E-state index contributed by atoms with van der Waals surface area (Å²) < 4.78 is 43.3. The highest BCUT2D eigenvalue weighted by Crippen LogP contribution is 2.31. The van der Waals surface area contributed by atoms with E-state index in [2.05, 4.69) is 0 Å². The van der Waals surface area contributed by atoms with Crippen molar-refractivity contribution >= 4 is 38.9 Å². The van der Waals surface area contributed by atoms with Crippen molar-refractivity contribution < 1.29 is 32.2 Å². The van der Waals surface area contributed by atoms with Gasteiger partial charge in [-0.15, -0.1) is 11.3 Å². The zero-order valence-corrected chi connectivity index (χ0v) is 19.0. The summed E-state index contributed by atoms with van der Waals surface area (Å²) in [4.78, 5) is 27.0. The second-order valence-electron chi connectivity index (χ2n) is 6.62. The van der Waals surface area contributed by atoms with Crippen LogP contribution >= 0.6 is 11.3 Å². The number of rotatable bonds is 10. The standard InChI is InChI=1S/C20H24N2O7S2/c1-4-29-15-9-7-14(8-10-15)22-17(23)12-16(20(22)24)21(13-18(27-2)28-3)31(25,26)19-6-5-11-30-19/h5-11,16,18H,4,12-13H2,1-3H3. The molecule has 0 radical (unpaired) electrons. The van der Waals surface area contributed by atoms with Crippen LogP contribution in [0.4, 0.5) is 5.69 Å². The predicted molar refractivity (Wildman–Crippen MR) is 115 cm³/mol. The SMILES string of the molecule is CCOc1ccc(N2C(=O)CC(N(CC(OC)OC)S(=O)(=O)c3cccs3)C2=O)cc1. The molecule has 1 aliphatic rings. The summed E-state index contributed by atoms with van der Waals surface area (Å²) in [5, 5.41) is 1.63. The number of hydrogen-bond donors (Lipinski definition) is 0. The molecule has 1 aromatic heterocycles. The van der Waals surface area contributed by atoms with E-state index in [0.717, 1.165) is 20.5 Å². The van der Waals surface area contributed by atoms with Gasteiger partial charge in [0.25, 0.3) is 15.9 Å². The van der Waals surface area contributed by atoms with Gasteiger partial charge in [0.05, 0.1) is 25.3 Å². The first-order valence-electron chi connectivity index (χ1n) is 9.54. The fourth-order valence-corrected chi connectivity index (χ4v) is 5.97. The van der Waals surface area contributed by atoms with Crippen LogP contribution in [0.2, 0.25) is 0 Å². The highest BCUT2D eigenvalue weighted by molar-refractivity contribution is 7.91. The number of carbonyl (C=O) groups is 2. The summed E-state index contributed by atoms with van der Waals surface area (Å²) in [6, 6.07) is 8.33. The molecule has 2 amide bonds. The van der Waals surface area contributed by atoms with Gasteiger partial charge in [0.15, 0.2) is 6.29 Å². The molecule has 31 heavy (non-hydrogen) atoms. The number of sulfonamides is 1. The third-order valence-corrected chi connectivity index (χ3v) is 8.04. The Kier molecular flexibility index (Phi) is 7.44. The third kappa shape index (κ3) is 4.80. The van der Waals surface area contributed by atoms with Crippen molar-refractivity contribution in [3.05, 3.63) is 41.8 Å². The minimum atomic E-state index is -4.06. The zero-order chi connectivity index (χ0) is 22.6. The molecule has 0 bridgehead atoms. The maximum Gasteiger partial charge on any atom is 0.253 e. The highest BCUT2D eigenvalue weighted by Gasteiger charge is 2.47. The van der Waals surface area contributed by atoms with Crippen LogP contribution in [0.25, 0.3) is 0 Å². The van der Waals surface area contributed by atoms with Crippen LogP contribution < -0.4 is 9.64 Å². The van der Waals surface area contributed by atoms with Gasteiger partial charge in [0.1, 0.15) is 16.0 Å². The molecule has 9 nitrogen and oxygen atoms in total. The maximum absolute atomic E-state index is 13.3. The van der Waals surface area contributed by atoms with E-state index in [1.807, 2.05) is 6.92 Å². The molecule has 11 heteroatoms. The normalized spacial score (nSPS) is 17.2. The molecule has 2 heterocycles. The number of ether oxygens (including phenoxy) is 3. The lowest BCUT2D eigenvalue weighted by Crippen LogP contribution is -2.48. The van der Waals surface area contributed by atoms with Crippen molar-refractivity contribution in [3.63, 3.8) is 0 Å². The van der Waals surface area contributed by atoms with Crippen LogP contribution in [0.5, 0.6) is 5.75 Å². The Morgan fingerprint density at radius 3 is 2.39 bits per heavy atom. The number of carbonyl (C=O) groups excluding carboxylic acids is 2. The number of methoxy groups -OCH3 is 2.